The monoisotopic (exact) mass is 459 g/mol. The highest BCUT2D eigenvalue weighted by molar-refractivity contribution is 5.98. The minimum Gasteiger partial charge on any atom is -0.481 e. The van der Waals surface area contributed by atoms with Gasteiger partial charge in [-0.3, -0.25) is 9.59 Å². The van der Waals surface area contributed by atoms with Gasteiger partial charge in [0.1, 0.15) is 18.5 Å². The number of ether oxygens (including phenoxy) is 1. The highest BCUT2D eigenvalue weighted by Gasteiger charge is 2.30. The minimum absolute atomic E-state index is 0.0555. The number of benzene rings is 2. The molecule has 1 aromatic heterocycles. The van der Waals surface area contributed by atoms with E-state index in [1.54, 1.807) is 13.0 Å². The summed E-state index contributed by atoms with van der Waals surface area (Å²) in [7, 11) is 0. The summed E-state index contributed by atoms with van der Waals surface area (Å²) < 4.78 is 5.45. The van der Waals surface area contributed by atoms with Gasteiger partial charge in [-0.2, -0.15) is 0 Å². The molecule has 1 atom stereocenters. The summed E-state index contributed by atoms with van der Waals surface area (Å²) in [6.45, 7) is 3.69. The first kappa shape index (κ1) is 23.0. The topological polar surface area (TPSA) is 118 Å². The van der Waals surface area contributed by atoms with Gasteiger partial charge in [0.2, 0.25) is 5.91 Å². The smallest absolute Gasteiger partial charge is 0.407 e. The van der Waals surface area contributed by atoms with E-state index in [0.29, 0.717) is 5.69 Å². The number of carboxylic acid groups (broad SMARTS) is 1. The lowest BCUT2D eigenvalue weighted by atomic mass is 9.98. The summed E-state index contributed by atoms with van der Waals surface area (Å²) in [5.74, 6) is -1.78. The van der Waals surface area contributed by atoms with Crippen LogP contribution in [0.2, 0.25) is 0 Å². The number of fused-ring (bicyclic) bond motifs is 3. The van der Waals surface area contributed by atoms with E-state index in [2.05, 4.69) is 15.6 Å². The van der Waals surface area contributed by atoms with Crippen LogP contribution in [-0.2, 0) is 14.3 Å². The Bertz CT molecular complexity index is 1190. The zero-order valence-electron chi connectivity index (χ0n) is 18.9. The number of carbonyl (C=O) groups is 3. The van der Waals surface area contributed by atoms with E-state index in [4.69, 9.17) is 4.74 Å². The van der Waals surface area contributed by atoms with Crippen molar-refractivity contribution in [2.24, 2.45) is 0 Å². The summed E-state index contributed by atoms with van der Waals surface area (Å²) in [4.78, 5) is 40.8. The van der Waals surface area contributed by atoms with Gasteiger partial charge < -0.3 is 20.5 Å². The van der Waals surface area contributed by atoms with E-state index in [0.717, 1.165) is 27.8 Å². The maximum absolute atomic E-state index is 12.7. The van der Waals surface area contributed by atoms with Crippen molar-refractivity contribution in [3.05, 3.63) is 83.0 Å². The van der Waals surface area contributed by atoms with Gasteiger partial charge in [0.25, 0.3) is 0 Å². The molecule has 8 nitrogen and oxygen atoms in total. The Hall–Kier alpha value is -4.20. The average molecular weight is 460 g/mol. The highest BCUT2D eigenvalue weighted by atomic mass is 16.5. The predicted octanol–water partition coefficient (Wildman–Crippen LogP) is 4.02. The number of aliphatic carboxylic acids is 1. The number of nitrogens with zero attached hydrogens (tertiary/aromatic N) is 1. The number of aromatic nitrogens is 1. The third kappa shape index (κ3) is 5.06. The molecule has 1 heterocycles. The lowest BCUT2D eigenvalue weighted by Gasteiger charge is -2.18. The van der Waals surface area contributed by atoms with Crippen molar-refractivity contribution >= 4 is 23.8 Å². The van der Waals surface area contributed by atoms with Crippen molar-refractivity contribution < 1.29 is 24.2 Å². The Morgan fingerprint density at radius 3 is 2.21 bits per heavy atom. The number of carboxylic acids is 1. The molecule has 0 spiro atoms. The zero-order valence-corrected chi connectivity index (χ0v) is 18.9. The van der Waals surface area contributed by atoms with E-state index in [-0.39, 0.29) is 18.3 Å². The number of aryl methyl sites for hydroxylation is 2. The summed E-state index contributed by atoms with van der Waals surface area (Å²) in [5, 5.41) is 14.2. The minimum atomic E-state index is -1.32. The number of pyridine rings is 1. The number of hydrogen-bond acceptors (Lipinski definition) is 5. The van der Waals surface area contributed by atoms with Gasteiger partial charge in [0, 0.05) is 11.6 Å². The molecule has 0 bridgehead atoms. The second-order valence-corrected chi connectivity index (χ2v) is 8.28. The Kier molecular flexibility index (Phi) is 6.58. The van der Waals surface area contributed by atoms with Crippen LogP contribution in [0, 0.1) is 13.8 Å². The molecule has 1 aliphatic carbocycles. The standard InChI is InChI=1S/C26H25N3O5/c1-15-11-16(2)27-23(12-15)29-25(32)22(13-24(30)31)28-26(33)34-14-21-19-9-5-3-7-17(19)18-8-4-6-10-20(18)21/h3-12,21-22H,13-14H2,1-2H3,(H,28,33)(H,30,31)(H,27,29,32). The largest absolute Gasteiger partial charge is 0.481 e. The molecule has 4 rings (SSSR count). The van der Waals surface area contributed by atoms with Crippen LogP contribution in [0.1, 0.15) is 34.7 Å². The number of rotatable bonds is 7. The van der Waals surface area contributed by atoms with Gasteiger partial charge in [-0.05, 0) is 53.8 Å². The van der Waals surface area contributed by atoms with E-state index in [1.807, 2.05) is 61.5 Å². The maximum atomic E-state index is 12.7. The van der Waals surface area contributed by atoms with Crippen molar-refractivity contribution in [1.29, 1.82) is 0 Å². The molecule has 8 heteroatoms. The fourth-order valence-electron chi connectivity index (χ4n) is 4.28. The van der Waals surface area contributed by atoms with Crippen LogP contribution in [-0.4, -0.2) is 40.7 Å². The molecule has 1 aliphatic rings. The highest BCUT2D eigenvalue weighted by Crippen LogP contribution is 2.44. The van der Waals surface area contributed by atoms with Gasteiger partial charge >= 0.3 is 12.1 Å². The van der Waals surface area contributed by atoms with E-state index in [9.17, 15) is 19.5 Å². The van der Waals surface area contributed by atoms with Crippen LogP contribution in [0.25, 0.3) is 11.1 Å². The number of nitrogens with one attached hydrogen (secondary N) is 2. The molecule has 0 fully saturated rings. The van der Waals surface area contributed by atoms with Gasteiger partial charge in [-0.1, -0.05) is 48.5 Å². The normalized spacial score (nSPS) is 12.9. The van der Waals surface area contributed by atoms with Crippen molar-refractivity contribution in [2.45, 2.75) is 32.2 Å². The molecule has 0 radical (unpaired) electrons. The number of carbonyl (C=O) groups excluding carboxylic acids is 2. The van der Waals surface area contributed by atoms with Gasteiger partial charge in [-0.15, -0.1) is 0 Å². The van der Waals surface area contributed by atoms with Crippen LogP contribution in [0.3, 0.4) is 0 Å². The number of amides is 2. The molecule has 0 aliphatic heterocycles. The second kappa shape index (κ2) is 9.74. The molecule has 0 saturated heterocycles. The van der Waals surface area contributed by atoms with Crippen LogP contribution < -0.4 is 10.6 Å². The quantitative estimate of drug-likeness (QED) is 0.491. The molecule has 2 amide bonds. The molecular formula is C26H25N3O5. The van der Waals surface area contributed by atoms with E-state index in [1.165, 1.54) is 0 Å². The zero-order chi connectivity index (χ0) is 24.2. The van der Waals surface area contributed by atoms with Crippen molar-refractivity contribution in [2.75, 3.05) is 11.9 Å². The van der Waals surface area contributed by atoms with Gasteiger partial charge in [0.05, 0.1) is 6.42 Å². The molecule has 34 heavy (non-hydrogen) atoms. The van der Waals surface area contributed by atoms with Crippen LogP contribution >= 0.6 is 0 Å². The van der Waals surface area contributed by atoms with Crippen LogP contribution in [0.15, 0.2) is 60.7 Å². The Labute approximate surface area is 197 Å². The van der Waals surface area contributed by atoms with Crippen molar-refractivity contribution in [3.63, 3.8) is 0 Å². The Morgan fingerprint density at radius 2 is 1.62 bits per heavy atom. The fraction of sp³-hybridized carbons (Fsp3) is 0.231. The first-order chi connectivity index (χ1) is 16.3. The molecule has 3 aromatic rings. The average Bonchev–Trinajstić information content (AvgIpc) is 3.10. The van der Waals surface area contributed by atoms with Crippen molar-refractivity contribution in [3.8, 4) is 11.1 Å². The van der Waals surface area contributed by atoms with Gasteiger partial charge in [0.15, 0.2) is 0 Å². The number of alkyl carbamates (subject to hydrolysis) is 1. The number of anilines is 1. The second-order valence-electron chi connectivity index (χ2n) is 8.28. The van der Waals surface area contributed by atoms with E-state index < -0.39 is 30.4 Å². The SMILES string of the molecule is Cc1cc(C)nc(NC(=O)C(CC(=O)O)NC(=O)OCC2c3ccccc3-c3ccccc32)c1. The molecule has 3 N–H and O–H groups in total. The fourth-order valence-corrected chi connectivity index (χ4v) is 4.28. The third-order valence-electron chi connectivity index (χ3n) is 5.68. The first-order valence-electron chi connectivity index (χ1n) is 10.9. The van der Waals surface area contributed by atoms with Crippen molar-refractivity contribution in [1.82, 2.24) is 10.3 Å². The summed E-state index contributed by atoms with van der Waals surface area (Å²) in [6.07, 6.45) is -1.46. The predicted molar refractivity (Wildman–Crippen MR) is 127 cm³/mol. The van der Waals surface area contributed by atoms with Crippen LogP contribution in [0.5, 0.6) is 0 Å². The summed E-state index contributed by atoms with van der Waals surface area (Å²) in [5.41, 5.74) is 5.89. The molecule has 174 valence electrons. The molecular weight excluding hydrogens is 434 g/mol. The molecule has 2 aromatic carbocycles. The Balaban J connectivity index is 1.43. The molecule has 1 unspecified atom stereocenters. The molecule has 0 saturated carbocycles. The lowest BCUT2D eigenvalue weighted by molar-refractivity contribution is -0.139. The van der Waals surface area contributed by atoms with E-state index >= 15 is 0 Å². The third-order valence-corrected chi connectivity index (χ3v) is 5.68. The summed E-state index contributed by atoms with van der Waals surface area (Å²) in [6, 6.07) is 18.0. The maximum Gasteiger partial charge on any atom is 0.407 e. The van der Waals surface area contributed by atoms with Gasteiger partial charge in [-0.25, -0.2) is 9.78 Å². The number of hydrogen-bond donors (Lipinski definition) is 3. The van der Waals surface area contributed by atoms with Crippen LogP contribution in [0.4, 0.5) is 10.6 Å². The Morgan fingerprint density at radius 1 is 1.00 bits per heavy atom. The summed E-state index contributed by atoms with van der Waals surface area (Å²) >= 11 is 0. The lowest BCUT2D eigenvalue weighted by Crippen LogP contribution is -2.45. The first-order valence-corrected chi connectivity index (χ1v) is 10.9.